The van der Waals surface area contributed by atoms with E-state index < -0.39 is 11.9 Å². The zero-order chi connectivity index (χ0) is 18.3. The summed E-state index contributed by atoms with van der Waals surface area (Å²) < 4.78 is 8.39. The molecule has 0 amide bonds. The third-order valence-electron chi connectivity index (χ3n) is 4.25. The van der Waals surface area contributed by atoms with Crippen molar-refractivity contribution in [1.29, 1.82) is 0 Å². The van der Waals surface area contributed by atoms with E-state index in [9.17, 15) is 9.59 Å². The molecule has 9 nitrogen and oxygen atoms in total. The lowest BCUT2D eigenvalue weighted by Gasteiger charge is -2.06. The lowest BCUT2D eigenvalue weighted by atomic mass is 10.1. The summed E-state index contributed by atoms with van der Waals surface area (Å²) in [6.45, 7) is 2.31. The fraction of sp³-hybridized carbons (Fsp3) is 0.353. The Morgan fingerprint density at radius 1 is 1.31 bits per heavy atom. The molecule has 0 saturated heterocycles. The van der Waals surface area contributed by atoms with Crippen molar-refractivity contribution < 1.29 is 19.4 Å². The minimum absolute atomic E-state index is 0.128. The Morgan fingerprint density at radius 2 is 2.12 bits per heavy atom. The number of carbonyl (C=O) groups excluding carboxylic acids is 1. The third-order valence-corrected chi connectivity index (χ3v) is 4.25. The van der Waals surface area contributed by atoms with E-state index in [1.54, 1.807) is 6.92 Å². The van der Waals surface area contributed by atoms with Crippen molar-refractivity contribution in [3.8, 4) is 0 Å². The number of ether oxygens (including phenoxy) is 1. The molecule has 0 aromatic carbocycles. The minimum atomic E-state index is -1.13. The number of pyridine rings is 1. The summed E-state index contributed by atoms with van der Waals surface area (Å²) in [5, 5.41) is 16.3. The van der Waals surface area contributed by atoms with Gasteiger partial charge in [-0.1, -0.05) is 5.21 Å². The summed E-state index contributed by atoms with van der Waals surface area (Å²) in [5.41, 5.74) is 2.56. The predicted molar refractivity (Wildman–Crippen MR) is 89.2 cm³/mol. The van der Waals surface area contributed by atoms with E-state index in [1.165, 1.54) is 10.9 Å². The van der Waals surface area contributed by atoms with Gasteiger partial charge >= 0.3 is 11.9 Å². The Hall–Kier alpha value is -3.23. The van der Waals surface area contributed by atoms with E-state index in [2.05, 4.69) is 15.3 Å². The second-order valence-electron chi connectivity index (χ2n) is 6.25. The SMILES string of the molecule is CCOC(=O)c1cc(C2CC2)cn2cc(Cn3cc(C(=O)O)nn3)nc12. The summed E-state index contributed by atoms with van der Waals surface area (Å²) in [4.78, 5) is 27.8. The molecule has 0 unspecified atom stereocenters. The molecule has 1 N–H and O–H groups in total. The van der Waals surface area contributed by atoms with Gasteiger partial charge in [-0.15, -0.1) is 5.10 Å². The van der Waals surface area contributed by atoms with Crippen LogP contribution in [0, 0.1) is 0 Å². The molecule has 9 heteroatoms. The number of imidazole rings is 1. The predicted octanol–water partition coefficient (Wildman–Crippen LogP) is 1.73. The van der Waals surface area contributed by atoms with Crippen LogP contribution in [0.1, 0.15) is 57.8 Å². The van der Waals surface area contributed by atoms with Crippen LogP contribution in [0.5, 0.6) is 0 Å². The number of rotatable bonds is 6. The van der Waals surface area contributed by atoms with Crippen LogP contribution < -0.4 is 0 Å². The number of esters is 1. The first kappa shape index (κ1) is 16.2. The fourth-order valence-corrected chi connectivity index (χ4v) is 2.89. The monoisotopic (exact) mass is 355 g/mol. The largest absolute Gasteiger partial charge is 0.476 e. The lowest BCUT2D eigenvalue weighted by Crippen LogP contribution is -2.08. The van der Waals surface area contributed by atoms with Gasteiger partial charge in [-0.05, 0) is 37.3 Å². The highest BCUT2D eigenvalue weighted by molar-refractivity contribution is 5.96. The van der Waals surface area contributed by atoms with E-state index in [-0.39, 0.29) is 12.2 Å². The van der Waals surface area contributed by atoms with Crippen molar-refractivity contribution in [1.82, 2.24) is 24.4 Å². The van der Waals surface area contributed by atoms with Crippen LogP contribution in [-0.4, -0.2) is 48.0 Å². The van der Waals surface area contributed by atoms with Gasteiger partial charge in [-0.2, -0.15) is 0 Å². The Labute approximate surface area is 148 Å². The molecule has 3 aromatic heterocycles. The summed E-state index contributed by atoms with van der Waals surface area (Å²) in [6, 6.07) is 1.86. The zero-order valence-corrected chi connectivity index (χ0v) is 14.1. The van der Waals surface area contributed by atoms with Crippen LogP contribution in [0.15, 0.2) is 24.7 Å². The average molecular weight is 355 g/mol. The van der Waals surface area contributed by atoms with Gasteiger partial charge in [-0.3, -0.25) is 0 Å². The molecule has 0 spiro atoms. The maximum Gasteiger partial charge on any atom is 0.358 e. The van der Waals surface area contributed by atoms with Crippen LogP contribution in [0.3, 0.4) is 0 Å². The van der Waals surface area contributed by atoms with Gasteiger partial charge in [0, 0.05) is 12.4 Å². The molecule has 0 atom stereocenters. The normalized spacial score (nSPS) is 13.9. The van der Waals surface area contributed by atoms with Crippen LogP contribution in [0.4, 0.5) is 0 Å². The number of carbonyl (C=O) groups is 2. The maximum atomic E-state index is 12.3. The molecule has 1 fully saturated rings. The number of carboxylic acids is 1. The number of hydrogen-bond donors (Lipinski definition) is 1. The number of hydrogen-bond acceptors (Lipinski definition) is 6. The van der Waals surface area contributed by atoms with Gasteiger partial charge in [0.25, 0.3) is 0 Å². The van der Waals surface area contributed by atoms with Crippen LogP contribution in [0.25, 0.3) is 5.65 Å². The van der Waals surface area contributed by atoms with Crippen molar-refractivity contribution in [3.05, 3.63) is 47.2 Å². The van der Waals surface area contributed by atoms with E-state index in [0.717, 1.165) is 18.4 Å². The number of aromatic carboxylic acids is 1. The summed E-state index contributed by atoms with van der Waals surface area (Å²) in [6.07, 6.45) is 7.37. The van der Waals surface area contributed by atoms with Gasteiger partial charge in [0.2, 0.25) is 0 Å². The van der Waals surface area contributed by atoms with Crippen molar-refractivity contribution >= 4 is 17.6 Å². The summed E-state index contributed by atoms with van der Waals surface area (Å²) in [5.74, 6) is -1.05. The minimum Gasteiger partial charge on any atom is -0.476 e. The average Bonchev–Trinajstić information content (AvgIpc) is 3.21. The van der Waals surface area contributed by atoms with E-state index in [4.69, 9.17) is 9.84 Å². The van der Waals surface area contributed by atoms with Crippen molar-refractivity contribution in [3.63, 3.8) is 0 Å². The smallest absolute Gasteiger partial charge is 0.358 e. The molecule has 134 valence electrons. The molecule has 1 aliphatic carbocycles. The Morgan fingerprint density at radius 3 is 2.77 bits per heavy atom. The third kappa shape index (κ3) is 3.03. The number of fused-ring (bicyclic) bond motifs is 1. The van der Waals surface area contributed by atoms with Crippen LogP contribution in [-0.2, 0) is 11.3 Å². The first-order chi connectivity index (χ1) is 12.5. The topological polar surface area (TPSA) is 112 Å². The van der Waals surface area contributed by atoms with Gasteiger partial charge in [0.1, 0.15) is 5.56 Å². The fourth-order valence-electron chi connectivity index (χ4n) is 2.89. The van der Waals surface area contributed by atoms with Crippen molar-refractivity contribution in [2.75, 3.05) is 6.61 Å². The molecule has 3 heterocycles. The second-order valence-corrected chi connectivity index (χ2v) is 6.25. The molecule has 1 saturated carbocycles. The molecule has 3 aromatic rings. The molecule has 1 aliphatic rings. The van der Waals surface area contributed by atoms with Crippen LogP contribution in [0.2, 0.25) is 0 Å². The molecular formula is C17H17N5O4. The standard InChI is InChI=1S/C17H17N5O4/c1-2-26-17(25)13-5-11(10-3-4-10)6-21-7-12(18-15(13)21)8-22-9-14(16(23)24)19-20-22/h5-7,9-10H,2-4,8H2,1H3,(H,23,24). The Balaban J connectivity index is 1.71. The second kappa shape index (κ2) is 6.25. The Kier molecular flexibility index (Phi) is 3.90. The highest BCUT2D eigenvalue weighted by Gasteiger charge is 2.26. The maximum absolute atomic E-state index is 12.3. The number of carboxylic acid groups (broad SMARTS) is 1. The first-order valence-electron chi connectivity index (χ1n) is 8.37. The van der Waals surface area contributed by atoms with Crippen LogP contribution >= 0.6 is 0 Å². The Bertz CT molecular complexity index is 1000. The highest BCUT2D eigenvalue weighted by atomic mass is 16.5. The molecule has 0 radical (unpaired) electrons. The molecule has 0 aliphatic heterocycles. The zero-order valence-electron chi connectivity index (χ0n) is 14.1. The van der Waals surface area contributed by atoms with E-state index >= 15 is 0 Å². The summed E-state index contributed by atoms with van der Waals surface area (Å²) in [7, 11) is 0. The number of aromatic nitrogens is 5. The number of nitrogens with zero attached hydrogens (tertiary/aromatic N) is 5. The highest BCUT2D eigenvalue weighted by Crippen LogP contribution is 2.40. The summed E-state index contributed by atoms with van der Waals surface area (Å²) >= 11 is 0. The van der Waals surface area contributed by atoms with Gasteiger partial charge in [-0.25, -0.2) is 19.3 Å². The quantitative estimate of drug-likeness (QED) is 0.670. The molecule has 4 rings (SSSR count). The lowest BCUT2D eigenvalue weighted by molar-refractivity contribution is 0.0527. The molecule has 26 heavy (non-hydrogen) atoms. The van der Waals surface area contributed by atoms with Gasteiger partial charge < -0.3 is 14.2 Å². The van der Waals surface area contributed by atoms with Crippen molar-refractivity contribution in [2.24, 2.45) is 0 Å². The molecular weight excluding hydrogens is 338 g/mol. The van der Waals surface area contributed by atoms with Crippen molar-refractivity contribution in [2.45, 2.75) is 32.2 Å². The first-order valence-corrected chi connectivity index (χ1v) is 8.37. The molecule has 0 bridgehead atoms. The van der Waals surface area contributed by atoms with E-state index in [1.807, 2.05) is 22.9 Å². The van der Waals surface area contributed by atoms with E-state index in [0.29, 0.717) is 29.4 Å². The van der Waals surface area contributed by atoms with Gasteiger partial charge in [0.05, 0.1) is 25.0 Å². The van der Waals surface area contributed by atoms with Gasteiger partial charge in [0.15, 0.2) is 11.3 Å².